The molecule has 2 N–H and O–H groups in total. The summed E-state index contributed by atoms with van der Waals surface area (Å²) in [6.07, 6.45) is 0. The van der Waals surface area contributed by atoms with E-state index in [0.717, 1.165) is 5.69 Å². The molecule has 0 aliphatic rings. The van der Waals surface area contributed by atoms with Gasteiger partial charge in [0.15, 0.2) is 11.5 Å². The number of carbonyl (C=O) groups is 1. The van der Waals surface area contributed by atoms with Crippen molar-refractivity contribution in [1.82, 2.24) is 10.2 Å². The molecular weight excluding hydrogens is 323 g/mol. The molecule has 0 aliphatic heterocycles. The van der Waals surface area contributed by atoms with Crippen LogP contribution in [0.3, 0.4) is 0 Å². The quantitative estimate of drug-likeness (QED) is 0.743. The van der Waals surface area contributed by atoms with Gasteiger partial charge in [0.05, 0.1) is 18.5 Å². The van der Waals surface area contributed by atoms with Crippen LogP contribution in [0.1, 0.15) is 10.5 Å². The number of amides is 1. The maximum absolute atomic E-state index is 13.6. The first-order valence-corrected chi connectivity index (χ1v) is 7.47. The summed E-state index contributed by atoms with van der Waals surface area (Å²) in [5.41, 5.74) is 0.891. The summed E-state index contributed by atoms with van der Waals surface area (Å²) in [7, 11) is 1.57. The Bertz CT molecular complexity index is 884. The average molecular weight is 338 g/mol. The number of nitrogens with one attached hydrogen (secondary N) is 2. The van der Waals surface area contributed by atoms with Crippen LogP contribution in [0.15, 0.2) is 60.7 Å². The van der Waals surface area contributed by atoms with Crippen LogP contribution in [0.2, 0.25) is 0 Å². The maximum Gasteiger partial charge on any atom is 0.276 e. The van der Waals surface area contributed by atoms with Gasteiger partial charge in [0, 0.05) is 0 Å². The van der Waals surface area contributed by atoms with Gasteiger partial charge < -0.3 is 15.4 Å². The van der Waals surface area contributed by atoms with Crippen LogP contribution < -0.4 is 15.4 Å². The number of methoxy groups -OCH3 is 1. The van der Waals surface area contributed by atoms with Gasteiger partial charge in [-0.15, -0.1) is 10.2 Å². The van der Waals surface area contributed by atoms with Crippen LogP contribution in [0.4, 0.5) is 21.6 Å². The molecule has 0 aliphatic carbocycles. The highest BCUT2D eigenvalue weighted by molar-refractivity contribution is 6.02. The van der Waals surface area contributed by atoms with E-state index in [1.165, 1.54) is 18.2 Å². The minimum Gasteiger partial charge on any atom is -0.495 e. The third-order valence-electron chi connectivity index (χ3n) is 3.39. The lowest BCUT2D eigenvalue weighted by molar-refractivity contribution is 0.102. The molecule has 3 rings (SSSR count). The number of aromatic nitrogens is 2. The number of carbonyl (C=O) groups excluding carboxylic acids is 1. The maximum atomic E-state index is 13.6. The fraction of sp³-hybridized carbons (Fsp3) is 0.0556. The summed E-state index contributed by atoms with van der Waals surface area (Å²) in [5.74, 6) is 0.0531. The molecule has 0 radical (unpaired) electrons. The van der Waals surface area contributed by atoms with Crippen molar-refractivity contribution in [3.63, 3.8) is 0 Å². The van der Waals surface area contributed by atoms with Gasteiger partial charge in [0.25, 0.3) is 5.91 Å². The first-order valence-electron chi connectivity index (χ1n) is 7.47. The van der Waals surface area contributed by atoms with Crippen molar-refractivity contribution in [2.24, 2.45) is 0 Å². The summed E-state index contributed by atoms with van der Waals surface area (Å²) in [6, 6.07) is 16.4. The second-order valence-electron chi connectivity index (χ2n) is 5.06. The summed E-state index contributed by atoms with van der Waals surface area (Å²) in [5, 5.41) is 13.3. The standard InChI is InChI=1S/C18H15FN4O2/c1-25-16-9-5-4-8-14(16)20-17-11-10-15(22-23-17)18(24)21-13-7-3-2-6-12(13)19/h2-11H,1H3,(H,20,23)(H,21,24). The summed E-state index contributed by atoms with van der Waals surface area (Å²) >= 11 is 0. The first-order chi connectivity index (χ1) is 12.2. The number of benzene rings is 2. The van der Waals surface area contributed by atoms with Crippen LogP contribution in [-0.4, -0.2) is 23.2 Å². The third-order valence-corrected chi connectivity index (χ3v) is 3.39. The van der Waals surface area contributed by atoms with Gasteiger partial charge in [-0.1, -0.05) is 24.3 Å². The molecule has 25 heavy (non-hydrogen) atoms. The Hall–Kier alpha value is -3.48. The zero-order valence-electron chi connectivity index (χ0n) is 13.4. The van der Waals surface area contributed by atoms with Crippen molar-refractivity contribution in [3.05, 3.63) is 72.2 Å². The number of hydrogen-bond donors (Lipinski definition) is 2. The third kappa shape index (κ3) is 3.89. The number of rotatable bonds is 5. The van der Waals surface area contributed by atoms with E-state index in [4.69, 9.17) is 4.74 Å². The van der Waals surface area contributed by atoms with Gasteiger partial charge in [0.2, 0.25) is 0 Å². The first kappa shape index (κ1) is 16.4. The van der Waals surface area contributed by atoms with Crippen LogP contribution in [-0.2, 0) is 0 Å². The number of anilines is 3. The number of ether oxygens (including phenoxy) is 1. The predicted molar refractivity (Wildman–Crippen MR) is 92.7 cm³/mol. The van der Waals surface area contributed by atoms with Crippen LogP contribution >= 0.6 is 0 Å². The van der Waals surface area contributed by atoms with Gasteiger partial charge >= 0.3 is 0 Å². The molecule has 0 atom stereocenters. The number of halogens is 1. The molecule has 0 spiro atoms. The largest absolute Gasteiger partial charge is 0.495 e. The van der Waals surface area contributed by atoms with E-state index in [0.29, 0.717) is 11.6 Å². The van der Waals surface area contributed by atoms with Crippen molar-refractivity contribution in [1.29, 1.82) is 0 Å². The van der Waals surface area contributed by atoms with Crippen LogP contribution in [0.5, 0.6) is 5.75 Å². The Morgan fingerprint density at radius 2 is 1.68 bits per heavy atom. The molecule has 0 saturated heterocycles. The van der Waals surface area contributed by atoms with Crippen molar-refractivity contribution < 1.29 is 13.9 Å². The van der Waals surface area contributed by atoms with Crippen molar-refractivity contribution in [3.8, 4) is 5.75 Å². The summed E-state index contributed by atoms with van der Waals surface area (Å²) < 4.78 is 18.8. The molecule has 1 heterocycles. The smallest absolute Gasteiger partial charge is 0.276 e. The molecule has 0 bridgehead atoms. The Kier molecular flexibility index (Phi) is 4.84. The number of hydrogen-bond acceptors (Lipinski definition) is 5. The molecule has 1 amide bonds. The lowest BCUT2D eigenvalue weighted by Gasteiger charge is -2.10. The highest BCUT2D eigenvalue weighted by atomic mass is 19.1. The van der Waals surface area contributed by atoms with Gasteiger partial charge in [-0.3, -0.25) is 4.79 Å². The Labute approximate surface area is 143 Å². The molecule has 6 nitrogen and oxygen atoms in total. The van der Waals surface area contributed by atoms with E-state index >= 15 is 0 Å². The molecule has 0 unspecified atom stereocenters. The molecular formula is C18H15FN4O2. The molecule has 0 fully saturated rings. The van der Waals surface area contributed by atoms with E-state index in [2.05, 4.69) is 20.8 Å². The highest BCUT2D eigenvalue weighted by Gasteiger charge is 2.11. The van der Waals surface area contributed by atoms with Crippen molar-refractivity contribution in [2.45, 2.75) is 0 Å². The topological polar surface area (TPSA) is 76.1 Å². The molecule has 0 saturated carbocycles. The molecule has 2 aromatic carbocycles. The summed E-state index contributed by atoms with van der Waals surface area (Å²) in [6.45, 7) is 0. The molecule has 7 heteroatoms. The fourth-order valence-electron chi connectivity index (χ4n) is 2.15. The minimum absolute atomic E-state index is 0.0776. The zero-order valence-corrected chi connectivity index (χ0v) is 13.4. The van der Waals surface area contributed by atoms with Gasteiger partial charge in [-0.2, -0.15) is 0 Å². The van der Waals surface area contributed by atoms with E-state index in [1.54, 1.807) is 25.3 Å². The van der Waals surface area contributed by atoms with Gasteiger partial charge in [0.1, 0.15) is 11.6 Å². The fourth-order valence-corrected chi connectivity index (χ4v) is 2.15. The molecule has 3 aromatic rings. The normalized spacial score (nSPS) is 10.2. The predicted octanol–water partition coefficient (Wildman–Crippen LogP) is 3.62. The second kappa shape index (κ2) is 7.39. The van der Waals surface area contributed by atoms with Crippen LogP contribution in [0, 0.1) is 5.82 Å². The lowest BCUT2D eigenvalue weighted by Crippen LogP contribution is -2.15. The lowest BCUT2D eigenvalue weighted by atomic mass is 10.2. The van der Waals surface area contributed by atoms with Gasteiger partial charge in [-0.05, 0) is 36.4 Å². The Morgan fingerprint density at radius 1 is 0.960 bits per heavy atom. The average Bonchev–Trinajstić information content (AvgIpc) is 2.64. The van der Waals surface area contributed by atoms with Crippen molar-refractivity contribution >= 4 is 23.1 Å². The van der Waals surface area contributed by atoms with Gasteiger partial charge in [-0.25, -0.2) is 4.39 Å². The van der Waals surface area contributed by atoms with E-state index in [9.17, 15) is 9.18 Å². The van der Waals surface area contributed by atoms with Crippen molar-refractivity contribution in [2.75, 3.05) is 17.7 Å². The summed E-state index contributed by atoms with van der Waals surface area (Å²) in [4.78, 5) is 12.1. The molecule has 1 aromatic heterocycles. The van der Waals surface area contributed by atoms with Crippen LogP contribution in [0.25, 0.3) is 0 Å². The Balaban J connectivity index is 1.72. The zero-order chi connectivity index (χ0) is 17.6. The SMILES string of the molecule is COc1ccccc1Nc1ccc(C(=O)Nc2ccccc2F)nn1. The highest BCUT2D eigenvalue weighted by Crippen LogP contribution is 2.25. The second-order valence-corrected chi connectivity index (χ2v) is 5.06. The van der Waals surface area contributed by atoms with E-state index in [-0.39, 0.29) is 11.4 Å². The Morgan fingerprint density at radius 3 is 2.36 bits per heavy atom. The minimum atomic E-state index is -0.540. The number of nitrogens with zero attached hydrogens (tertiary/aromatic N) is 2. The van der Waals surface area contributed by atoms with E-state index in [1.807, 2.05) is 24.3 Å². The number of para-hydroxylation sites is 3. The van der Waals surface area contributed by atoms with E-state index < -0.39 is 11.7 Å². The molecule has 126 valence electrons. The monoisotopic (exact) mass is 338 g/mol.